The van der Waals surface area contributed by atoms with Crippen LogP contribution in [0.3, 0.4) is 0 Å². The van der Waals surface area contributed by atoms with Crippen LogP contribution in [0.2, 0.25) is 5.02 Å². The van der Waals surface area contributed by atoms with Gasteiger partial charge in [0.2, 0.25) is 0 Å². The maximum absolute atomic E-state index is 13.4. The zero-order valence-electron chi connectivity index (χ0n) is 8.72. The van der Waals surface area contributed by atoms with Crippen LogP contribution in [0.4, 0.5) is 4.39 Å². The zero-order chi connectivity index (χ0) is 11.3. The summed E-state index contributed by atoms with van der Waals surface area (Å²) in [5.74, 6) is -0.299. The molecular weight excluding hydrogens is 217 g/mol. The topological polar surface area (TPSA) is 35.2 Å². The van der Waals surface area contributed by atoms with Gasteiger partial charge in [0, 0.05) is 0 Å². The zero-order valence-corrected chi connectivity index (χ0v) is 9.48. The highest BCUT2D eigenvalue weighted by Gasteiger charge is 2.09. The maximum Gasteiger partial charge on any atom is 0.173 e. The summed E-state index contributed by atoms with van der Waals surface area (Å²) in [5.41, 5.74) is 6.26. The highest BCUT2D eigenvalue weighted by atomic mass is 35.5. The van der Waals surface area contributed by atoms with Crippen molar-refractivity contribution in [1.29, 1.82) is 0 Å². The Morgan fingerprint density at radius 1 is 1.40 bits per heavy atom. The fourth-order valence-electron chi connectivity index (χ4n) is 1.43. The fraction of sp³-hybridized carbons (Fsp3) is 0.455. The molecule has 2 nitrogen and oxygen atoms in total. The van der Waals surface area contributed by atoms with Gasteiger partial charge >= 0.3 is 0 Å². The SMILES string of the molecule is COc1c(F)cc(CCCCN)cc1Cl. The fourth-order valence-corrected chi connectivity index (χ4v) is 1.73. The van der Waals surface area contributed by atoms with Crippen molar-refractivity contribution in [3.05, 3.63) is 28.5 Å². The van der Waals surface area contributed by atoms with E-state index in [1.54, 1.807) is 6.07 Å². The van der Waals surface area contributed by atoms with Crippen LogP contribution in [0.1, 0.15) is 18.4 Å². The van der Waals surface area contributed by atoms with Crippen LogP contribution in [0.25, 0.3) is 0 Å². The van der Waals surface area contributed by atoms with Gasteiger partial charge in [-0.2, -0.15) is 0 Å². The molecule has 2 N–H and O–H groups in total. The summed E-state index contributed by atoms with van der Waals surface area (Å²) in [7, 11) is 1.40. The highest BCUT2D eigenvalue weighted by molar-refractivity contribution is 6.32. The van der Waals surface area contributed by atoms with E-state index in [9.17, 15) is 4.39 Å². The maximum atomic E-state index is 13.4. The Hall–Kier alpha value is -0.800. The van der Waals surface area contributed by atoms with E-state index in [1.807, 2.05) is 0 Å². The van der Waals surface area contributed by atoms with E-state index in [4.69, 9.17) is 22.1 Å². The number of aryl methyl sites for hydroxylation is 1. The first kappa shape index (κ1) is 12.3. The molecule has 0 amide bonds. The van der Waals surface area contributed by atoms with Gasteiger partial charge in [-0.05, 0) is 43.5 Å². The van der Waals surface area contributed by atoms with E-state index < -0.39 is 5.82 Å². The van der Waals surface area contributed by atoms with Crippen molar-refractivity contribution >= 4 is 11.6 Å². The largest absolute Gasteiger partial charge is 0.492 e. The van der Waals surface area contributed by atoms with Gasteiger partial charge in [-0.1, -0.05) is 11.6 Å². The Labute approximate surface area is 94.2 Å². The summed E-state index contributed by atoms with van der Waals surface area (Å²) in [6.07, 6.45) is 2.67. The average Bonchev–Trinajstić information content (AvgIpc) is 2.18. The molecule has 1 aromatic rings. The molecule has 0 radical (unpaired) electrons. The minimum Gasteiger partial charge on any atom is -0.492 e. The lowest BCUT2D eigenvalue weighted by atomic mass is 10.1. The molecule has 0 atom stereocenters. The van der Waals surface area contributed by atoms with Crippen molar-refractivity contribution in [2.45, 2.75) is 19.3 Å². The normalized spacial score (nSPS) is 10.4. The van der Waals surface area contributed by atoms with Crippen LogP contribution in [-0.4, -0.2) is 13.7 Å². The summed E-state index contributed by atoms with van der Waals surface area (Å²) in [5, 5.41) is 0.320. The van der Waals surface area contributed by atoms with Crippen molar-refractivity contribution in [3.8, 4) is 5.75 Å². The van der Waals surface area contributed by atoms with Gasteiger partial charge < -0.3 is 10.5 Å². The van der Waals surface area contributed by atoms with E-state index in [0.717, 1.165) is 24.8 Å². The molecule has 0 unspecified atom stereocenters. The van der Waals surface area contributed by atoms with E-state index in [1.165, 1.54) is 13.2 Å². The summed E-state index contributed by atoms with van der Waals surface area (Å²) >= 11 is 5.86. The van der Waals surface area contributed by atoms with Crippen LogP contribution in [0.15, 0.2) is 12.1 Å². The first-order chi connectivity index (χ1) is 7.19. The molecule has 1 rings (SSSR count). The Morgan fingerprint density at radius 3 is 2.67 bits per heavy atom. The molecule has 0 heterocycles. The number of hydrogen-bond donors (Lipinski definition) is 1. The summed E-state index contributed by atoms with van der Waals surface area (Å²) in [4.78, 5) is 0. The lowest BCUT2D eigenvalue weighted by Gasteiger charge is -2.07. The summed E-state index contributed by atoms with van der Waals surface area (Å²) < 4.78 is 18.2. The molecule has 0 fully saturated rings. The van der Waals surface area contributed by atoms with Gasteiger partial charge in [0.15, 0.2) is 11.6 Å². The van der Waals surface area contributed by atoms with Gasteiger partial charge in [-0.25, -0.2) is 4.39 Å². The van der Waals surface area contributed by atoms with E-state index in [0.29, 0.717) is 11.6 Å². The third-order valence-corrected chi connectivity index (χ3v) is 2.46. The first-order valence-corrected chi connectivity index (χ1v) is 5.28. The minimum atomic E-state index is -0.409. The molecule has 15 heavy (non-hydrogen) atoms. The molecule has 84 valence electrons. The van der Waals surface area contributed by atoms with Gasteiger partial charge in [-0.15, -0.1) is 0 Å². The second kappa shape index (κ2) is 5.93. The smallest absolute Gasteiger partial charge is 0.173 e. The quantitative estimate of drug-likeness (QED) is 0.791. The van der Waals surface area contributed by atoms with Crippen LogP contribution in [-0.2, 0) is 6.42 Å². The molecule has 4 heteroatoms. The number of ether oxygens (including phenoxy) is 1. The van der Waals surface area contributed by atoms with Crippen molar-refractivity contribution in [2.24, 2.45) is 5.73 Å². The predicted octanol–water partition coefficient (Wildman–Crippen LogP) is 2.77. The molecular formula is C11H15ClFNO. The first-order valence-electron chi connectivity index (χ1n) is 4.91. The summed E-state index contributed by atoms with van der Waals surface area (Å²) in [6.45, 7) is 0.659. The molecule has 0 saturated carbocycles. The second-order valence-corrected chi connectivity index (χ2v) is 3.75. The van der Waals surface area contributed by atoms with Crippen LogP contribution < -0.4 is 10.5 Å². The van der Waals surface area contributed by atoms with E-state index in [2.05, 4.69) is 0 Å². The van der Waals surface area contributed by atoms with Gasteiger partial charge in [0.05, 0.1) is 12.1 Å². The Kier molecular flexibility index (Phi) is 4.85. The molecule has 0 spiro atoms. The summed E-state index contributed by atoms with van der Waals surface area (Å²) in [6, 6.07) is 3.20. The molecule has 0 bridgehead atoms. The monoisotopic (exact) mass is 231 g/mol. The number of methoxy groups -OCH3 is 1. The Bertz CT molecular complexity index is 307. The van der Waals surface area contributed by atoms with Crippen molar-refractivity contribution in [1.82, 2.24) is 0 Å². The minimum absolute atomic E-state index is 0.110. The van der Waals surface area contributed by atoms with Gasteiger partial charge in [-0.3, -0.25) is 0 Å². The third kappa shape index (κ3) is 3.36. The average molecular weight is 232 g/mol. The number of hydrogen-bond acceptors (Lipinski definition) is 2. The Balaban J connectivity index is 2.75. The number of unbranched alkanes of at least 4 members (excludes halogenated alkanes) is 1. The second-order valence-electron chi connectivity index (χ2n) is 3.34. The molecule has 0 saturated heterocycles. The molecule has 1 aromatic carbocycles. The standard InChI is InChI=1S/C11H15ClFNO/c1-15-11-9(12)6-8(7-10(11)13)4-2-3-5-14/h6-7H,2-5,14H2,1H3. The van der Waals surface area contributed by atoms with Crippen LogP contribution >= 0.6 is 11.6 Å². The van der Waals surface area contributed by atoms with Gasteiger partial charge in [0.25, 0.3) is 0 Å². The van der Waals surface area contributed by atoms with E-state index >= 15 is 0 Å². The van der Waals surface area contributed by atoms with E-state index in [-0.39, 0.29) is 5.75 Å². The Morgan fingerprint density at radius 2 is 2.13 bits per heavy atom. The van der Waals surface area contributed by atoms with Crippen LogP contribution in [0, 0.1) is 5.82 Å². The van der Waals surface area contributed by atoms with Crippen molar-refractivity contribution < 1.29 is 9.13 Å². The number of nitrogens with two attached hydrogens (primary N) is 1. The molecule has 0 aromatic heterocycles. The highest BCUT2D eigenvalue weighted by Crippen LogP contribution is 2.29. The van der Waals surface area contributed by atoms with Crippen molar-refractivity contribution in [3.63, 3.8) is 0 Å². The predicted molar refractivity (Wildman–Crippen MR) is 60.0 cm³/mol. The lowest BCUT2D eigenvalue weighted by molar-refractivity contribution is 0.386. The lowest BCUT2D eigenvalue weighted by Crippen LogP contribution is -1.99. The third-order valence-electron chi connectivity index (χ3n) is 2.18. The molecule has 0 aliphatic rings. The van der Waals surface area contributed by atoms with Crippen molar-refractivity contribution in [2.75, 3.05) is 13.7 Å². The van der Waals surface area contributed by atoms with Gasteiger partial charge in [0.1, 0.15) is 0 Å². The molecule has 0 aliphatic carbocycles. The number of rotatable bonds is 5. The number of benzene rings is 1. The van der Waals surface area contributed by atoms with Crippen LogP contribution in [0.5, 0.6) is 5.75 Å². The number of halogens is 2. The molecule has 0 aliphatic heterocycles.